The summed E-state index contributed by atoms with van der Waals surface area (Å²) in [7, 11) is 6.20. The maximum atomic E-state index is 5.58. The van der Waals surface area contributed by atoms with Gasteiger partial charge in [0.05, 0.1) is 0 Å². The fourth-order valence-electron chi connectivity index (χ4n) is 2.46. The third kappa shape index (κ3) is 10.4. The molecule has 6 nitrogen and oxygen atoms in total. The van der Waals surface area contributed by atoms with Gasteiger partial charge in [0.2, 0.25) is 0 Å². The summed E-state index contributed by atoms with van der Waals surface area (Å²) in [6.45, 7) is 11.2. The molecule has 1 aliphatic rings. The molecule has 1 heterocycles. The van der Waals surface area contributed by atoms with Crippen molar-refractivity contribution >= 4 is 29.9 Å². The van der Waals surface area contributed by atoms with E-state index >= 15 is 0 Å². The van der Waals surface area contributed by atoms with E-state index < -0.39 is 0 Å². The molecule has 0 bridgehead atoms. The number of halogens is 1. The lowest BCUT2D eigenvalue weighted by Gasteiger charge is -2.37. The molecule has 0 saturated carbocycles. The summed E-state index contributed by atoms with van der Waals surface area (Å²) in [6.07, 6.45) is 0.999. The molecule has 7 heteroatoms. The Morgan fingerprint density at radius 1 is 1.26 bits per heavy atom. The molecule has 23 heavy (non-hydrogen) atoms. The summed E-state index contributed by atoms with van der Waals surface area (Å²) in [6, 6.07) is 0.534. The maximum absolute atomic E-state index is 5.58. The lowest BCUT2D eigenvalue weighted by molar-refractivity contribution is 0.108. The lowest BCUT2D eigenvalue weighted by atomic mass is 10.2. The van der Waals surface area contributed by atoms with Gasteiger partial charge in [-0.25, -0.2) is 0 Å². The number of hydrogen-bond acceptors (Lipinski definition) is 4. The molecule has 0 aromatic rings. The second-order valence-corrected chi connectivity index (χ2v) is 6.60. The highest BCUT2D eigenvalue weighted by molar-refractivity contribution is 14.0. The summed E-state index contributed by atoms with van der Waals surface area (Å²) in [5.74, 6) is 1.48. The number of nitrogens with zero attached hydrogens (tertiary/aromatic N) is 3. The van der Waals surface area contributed by atoms with E-state index in [0.29, 0.717) is 12.0 Å². The van der Waals surface area contributed by atoms with Crippen molar-refractivity contribution in [1.82, 2.24) is 20.4 Å². The van der Waals surface area contributed by atoms with Crippen LogP contribution < -0.4 is 10.6 Å². The van der Waals surface area contributed by atoms with Gasteiger partial charge in [0.1, 0.15) is 0 Å². The highest BCUT2D eigenvalue weighted by atomic mass is 127. The zero-order valence-electron chi connectivity index (χ0n) is 15.5. The van der Waals surface area contributed by atoms with Crippen LogP contribution in [0, 0.1) is 5.92 Å². The van der Waals surface area contributed by atoms with Crippen molar-refractivity contribution in [3.8, 4) is 0 Å². The van der Waals surface area contributed by atoms with Crippen molar-refractivity contribution in [1.29, 1.82) is 0 Å². The van der Waals surface area contributed by atoms with E-state index in [9.17, 15) is 0 Å². The molecule has 2 N–H and O–H groups in total. The molecular weight excluding hydrogens is 405 g/mol. The summed E-state index contributed by atoms with van der Waals surface area (Å²) in [5, 5.41) is 6.78. The van der Waals surface area contributed by atoms with Crippen LogP contribution in [0.1, 0.15) is 20.3 Å². The van der Waals surface area contributed by atoms with Gasteiger partial charge < -0.3 is 20.3 Å². The molecule has 0 radical (unpaired) electrons. The Morgan fingerprint density at radius 2 is 2.00 bits per heavy atom. The largest absolute Gasteiger partial charge is 0.381 e. The Balaban J connectivity index is 0.00000484. The van der Waals surface area contributed by atoms with Crippen LogP contribution in [0.4, 0.5) is 0 Å². The second kappa shape index (κ2) is 13.2. The molecule has 0 aromatic carbocycles. The molecule has 0 amide bonds. The van der Waals surface area contributed by atoms with E-state index in [4.69, 9.17) is 4.74 Å². The molecular formula is C16H36IN5O. The fourth-order valence-corrected chi connectivity index (χ4v) is 2.46. The Bertz CT molecular complexity index is 328. The van der Waals surface area contributed by atoms with Crippen molar-refractivity contribution in [2.75, 3.05) is 67.1 Å². The van der Waals surface area contributed by atoms with Crippen LogP contribution in [0.25, 0.3) is 0 Å². The Morgan fingerprint density at radius 3 is 2.65 bits per heavy atom. The minimum Gasteiger partial charge on any atom is -0.381 e. The van der Waals surface area contributed by atoms with Crippen molar-refractivity contribution < 1.29 is 4.74 Å². The van der Waals surface area contributed by atoms with Crippen molar-refractivity contribution in [2.24, 2.45) is 10.9 Å². The normalized spacial score (nSPS) is 20.4. The van der Waals surface area contributed by atoms with Gasteiger partial charge in [-0.3, -0.25) is 9.89 Å². The number of likely N-dealkylation sites (N-methyl/N-ethyl adjacent to an activating group) is 2. The first-order valence-electron chi connectivity index (χ1n) is 8.44. The molecule has 0 aliphatic carbocycles. The smallest absolute Gasteiger partial charge is 0.191 e. The van der Waals surface area contributed by atoms with E-state index in [1.807, 2.05) is 7.05 Å². The molecule has 1 atom stereocenters. The Labute approximate surface area is 159 Å². The zero-order valence-corrected chi connectivity index (χ0v) is 17.8. The van der Waals surface area contributed by atoms with Gasteiger partial charge in [-0.05, 0) is 26.4 Å². The molecule has 1 saturated heterocycles. The average molecular weight is 441 g/mol. The van der Waals surface area contributed by atoms with E-state index in [2.05, 4.69) is 53.4 Å². The Hall–Kier alpha value is -0.120. The number of aliphatic imine (C=N–C) groups is 1. The molecule has 0 aromatic heterocycles. The van der Waals surface area contributed by atoms with Crippen LogP contribution in [-0.4, -0.2) is 88.9 Å². The SMILES string of the molecule is CN=C(NCCCOCC(C)C)NCC1CN(C)CCN1C.I. The molecule has 138 valence electrons. The summed E-state index contributed by atoms with van der Waals surface area (Å²) >= 11 is 0. The first kappa shape index (κ1) is 22.9. The highest BCUT2D eigenvalue weighted by Gasteiger charge is 2.21. The lowest BCUT2D eigenvalue weighted by Crippen LogP contribution is -2.55. The maximum Gasteiger partial charge on any atom is 0.191 e. The van der Waals surface area contributed by atoms with Gasteiger partial charge in [0, 0.05) is 59.0 Å². The average Bonchev–Trinajstić information content (AvgIpc) is 2.48. The van der Waals surface area contributed by atoms with Crippen LogP contribution in [0.15, 0.2) is 4.99 Å². The van der Waals surface area contributed by atoms with E-state index in [0.717, 1.165) is 58.3 Å². The summed E-state index contributed by atoms with van der Waals surface area (Å²) < 4.78 is 5.58. The minimum atomic E-state index is 0. The number of piperazine rings is 1. The third-order valence-electron chi connectivity index (χ3n) is 3.92. The molecule has 1 rings (SSSR count). The van der Waals surface area contributed by atoms with E-state index in [1.165, 1.54) is 0 Å². The fraction of sp³-hybridized carbons (Fsp3) is 0.938. The molecule has 1 unspecified atom stereocenters. The third-order valence-corrected chi connectivity index (χ3v) is 3.92. The number of guanidine groups is 1. The van der Waals surface area contributed by atoms with Gasteiger partial charge in [-0.15, -0.1) is 24.0 Å². The number of ether oxygens (including phenoxy) is 1. The monoisotopic (exact) mass is 441 g/mol. The van der Waals surface area contributed by atoms with Gasteiger partial charge in [0.15, 0.2) is 5.96 Å². The molecule has 1 aliphatic heterocycles. The second-order valence-electron chi connectivity index (χ2n) is 6.60. The predicted octanol–water partition coefficient (Wildman–Crippen LogP) is 1.08. The zero-order chi connectivity index (χ0) is 16.4. The number of nitrogens with one attached hydrogen (secondary N) is 2. The summed E-state index contributed by atoms with van der Waals surface area (Å²) in [5.41, 5.74) is 0. The van der Waals surface area contributed by atoms with Gasteiger partial charge in [0.25, 0.3) is 0 Å². The van der Waals surface area contributed by atoms with Crippen molar-refractivity contribution in [3.63, 3.8) is 0 Å². The topological polar surface area (TPSA) is 52.1 Å². The van der Waals surface area contributed by atoms with Crippen LogP contribution >= 0.6 is 24.0 Å². The van der Waals surface area contributed by atoms with Gasteiger partial charge in [-0.1, -0.05) is 13.8 Å². The van der Waals surface area contributed by atoms with Crippen LogP contribution in [0.5, 0.6) is 0 Å². The predicted molar refractivity (Wildman–Crippen MR) is 109 cm³/mol. The van der Waals surface area contributed by atoms with Crippen LogP contribution in [0.2, 0.25) is 0 Å². The van der Waals surface area contributed by atoms with Crippen LogP contribution in [-0.2, 0) is 4.74 Å². The van der Waals surface area contributed by atoms with E-state index in [-0.39, 0.29) is 24.0 Å². The van der Waals surface area contributed by atoms with Crippen molar-refractivity contribution in [2.45, 2.75) is 26.3 Å². The number of hydrogen-bond donors (Lipinski definition) is 2. The van der Waals surface area contributed by atoms with Gasteiger partial charge >= 0.3 is 0 Å². The summed E-state index contributed by atoms with van der Waals surface area (Å²) in [4.78, 5) is 9.08. The standard InChI is InChI=1S/C16H35N5O.HI/c1-14(2)13-22-10-6-7-18-16(17-3)19-11-15-12-20(4)8-9-21(15)5;/h14-15H,6-13H2,1-5H3,(H2,17,18,19);1H. The minimum absolute atomic E-state index is 0. The van der Waals surface area contributed by atoms with Gasteiger partial charge in [-0.2, -0.15) is 0 Å². The Kier molecular flexibility index (Phi) is 13.1. The first-order valence-corrected chi connectivity index (χ1v) is 8.44. The number of rotatable bonds is 8. The molecule has 0 spiro atoms. The quantitative estimate of drug-likeness (QED) is 0.256. The highest BCUT2D eigenvalue weighted by Crippen LogP contribution is 2.04. The van der Waals surface area contributed by atoms with E-state index in [1.54, 1.807) is 0 Å². The first-order chi connectivity index (χ1) is 10.5. The van der Waals surface area contributed by atoms with Crippen LogP contribution in [0.3, 0.4) is 0 Å². The van der Waals surface area contributed by atoms with Crippen molar-refractivity contribution in [3.05, 3.63) is 0 Å². The molecule has 1 fully saturated rings.